The molecule has 2 rings (SSSR count). The summed E-state index contributed by atoms with van der Waals surface area (Å²) in [6, 6.07) is 10.9. The number of ether oxygens (including phenoxy) is 1. The van der Waals surface area contributed by atoms with Crippen molar-refractivity contribution in [1.29, 1.82) is 0 Å². The number of carbonyl (C=O) groups excluding carboxylic acids is 2. The number of methoxy groups -OCH3 is 1. The molecular formula is C21H26ClN3O3. The molecule has 0 fully saturated rings. The van der Waals surface area contributed by atoms with Gasteiger partial charge >= 0.3 is 0 Å². The maximum Gasteiger partial charge on any atom is 0.238 e. The first-order chi connectivity index (χ1) is 13.3. The Kier molecular flexibility index (Phi) is 7.84. The molecule has 0 unspecified atom stereocenters. The summed E-state index contributed by atoms with van der Waals surface area (Å²) in [6.07, 6.45) is 0.830. The SMILES string of the molecule is CCc1cccc(C)c1NC(=O)CN(C)CC(=O)Nc1cc(Cl)ccc1OC. The predicted octanol–water partition coefficient (Wildman–Crippen LogP) is 3.73. The average molecular weight is 404 g/mol. The van der Waals surface area contributed by atoms with Crippen molar-refractivity contribution in [2.45, 2.75) is 20.3 Å². The third-order valence-corrected chi connectivity index (χ3v) is 4.50. The zero-order valence-electron chi connectivity index (χ0n) is 16.6. The van der Waals surface area contributed by atoms with Crippen LogP contribution < -0.4 is 15.4 Å². The summed E-state index contributed by atoms with van der Waals surface area (Å²) in [4.78, 5) is 26.4. The van der Waals surface area contributed by atoms with Crippen LogP contribution in [0.4, 0.5) is 11.4 Å². The monoisotopic (exact) mass is 403 g/mol. The predicted molar refractivity (Wildman–Crippen MR) is 113 cm³/mol. The summed E-state index contributed by atoms with van der Waals surface area (Å²) in [5.41, 5.74) is 3.44. The van der Waals surface area contributed by atoms with Crippen LogP contribution >= 0.6 is 11.6 Å². The highest BCUT2D eigenvalue weighted by atomic mass is 35.5. The molecule has 0 aliphatic rings. The Bertz CT molecular complexity index is 855. The van der Waals surface area contributed by atoms with E-state index in [0.29, 0.717) is 16.5 Å². The second kappa shape index (κ2) is 10.1. The van der Waals surface area contributed by atoms with Gasteiger partial charge in [0.1, 0.15) is 5.75 Å². The highest BCUT2D eigenvalue weighted by molar-refractivity contribution is 6.31. The van der Waals surface area contributed by atoms with Crippen LogP contribution in [0.3, 0.4) is 0 Å². The van der Waals surface area contributed by atoms with E-state index in [1.165, 1.54) is 7.11 Å². The molecule has 2 aromatic carbocycles. The molecule has 2 aromatic rings. The number of hydrogen-bond acceptors (Lipinski definition) is 4. The third kappa shape index (κ3) is 5.97. The Morgan fingerprint density at radius 1 is 1.11 bits per heavy atom. The number of para-hydroxylation sites is 1. The van der Waals surface area contributed by atoms with Crippen molar-refractivity contribution in [1.82, 2.24) is 4.90 Å². The summed E-state index contributed by atoms with van der Waals surface area (Å²) < 4.78 is 5.22. The van der Waals surface area contributed by atoms with Gasteiger partial charge in [0, 0.05) is 10.7 Å². The van der Waals surface area contributed by atoms with E-state index in [1.807, 2.05) is 32.0 Å². The molecule has 7 heteroatoms. The largest absolute Gasteiger partial charge is 0.495 e. The summed E-state index contributed by atoms with van der Waals surface area (Å²) in [7, 11) is 3.23. The highest BCUT2D eigenvalue weighted by Gasteiger charge is 2.14. The van der Waals surface area contributed by atoms with Crippen molar-refractivity contribution in [3.05, 3.63) is 52.5 Å². The molecule has 0 aromatic heterocycles. The quantitative estimate of drug-likeness (QED) is 0.704. The fourth-order valence-corrected chi connectivity index (χ4v) is 3.07. The molecule has 0 saturated heterocycles. The summed E-state index contributed by atoms with van der Waals surface area (Å²) in [5.74, 6) is 0.0884. The first-order valence-corrected chi connectivity index (χ1v) is 9.42. The standard InChI is InChI=1S/C21H26ClN3O3/c1-5-15-8-6-7-14(2)21(15)24-20(27)13-25(3)12-19(26)23-17-11-16(22)9-10-18(17)28-4/h6-11H,5,12-13H2,1-4H3,(H,23,26)(H,24,27). The van der Waals surface area contributed by atoms with Crippen molar-refractivity contribution in [3.63, 3.8) is 0 Å². The van der Waals surface area contributed by atoms with Crippen LogP contribution in [0.15, 0.2) is 36.4 Å². The zero-order chi connectivity index (χ0) is 20.7. The maximum absolute atomic E-state index is 12.4. The molecule has 0 aliphatic heterocycles. The van der Waals surface area contributed by atoms with Gasteiger partial charge in [-0.2, -0.15) is 0 Å². The maximum atomic E-state index is 12.4. The molecule has 6 nitrogen and oxygen atoms in total. The molecule has 2 amide bonds. The van der Waals surface area contributed by atoms with E-state index < -0.39 is 0 Å². The molecule has 0 spiro atoms. The van der Waals surface area contributed by atoms with Crippen LogP contribution in [-0.4, -0.2) is 44.0 Å². The van der Waals surface area contributed by atoms with Crippen LogP contribution in [0.1, 0.15) is 18.1 Å². The van der Waals surface area contributed by atoms with Crippen molar-refractivity contribution in [2.75, 3.05) is 37.9 Å². The van der Waals surface area contributed by atoms with Gasteiger partial charge in [0.05, 0.1) is 25.9 Å². The van der Waals surface area contributed by atoms with E-state index in [1.54, 1.807) is 30.1 Å². The number of carbonyl (C=O) groups is 2. The number of rotatable bonds is 8. The van der Waals surface area contributed by atoms with Gasteiger partial charge in [0.15, 0.2) is 0 Å². The van der Waals surface area contributed by atoms with E-state index in [0.717, 1.165) is 23.2 Å². The fraction of sp³-hybridized carbons (Fsp3) is 0.333. The lowest BCUT2D eigenvalue weighted by Gasteiger charge is -2.18. The number of benzene rings is 2. The lowest BCUT2D eigenvalue weighted by molar-refractivity contribution is -0.119. The average Bonchev–Trinajstić information content (AvgIpc) is 2.63. The summed E-state index contributed by atoms with van der Waals surface area (Å²) in [6.45, 7) is 4.16. The second-order valence-electron chi connectivity index (χ2n) is 6.58. The Hall–Kier alpha value is -2.57. The number of anilines is 2. The number of aryl methyl sites for hydroxylation is 2. The highest BCUT2D eigenvalue weighted by Crippen LogP contribution is 2.27. The number of halogens is 1. The van der Waals surface area contributed by atoms with Gasteiger partial charge in [0.2, 0.25) is 11.8 Å². The minimum Gasteiger partial charge on any atom is -0.495 e. The van der Waals surface area contributed by atoms with Gasteiger partial charge in [-0.15, -0.1) is 0 Å². The zero-order valence-corrected chi connectivity index (χ0v) is 17.4. The molecule has 0 aliphatic carbocycles. The molecule has 0 bridgehead atoms. The van der Waals surface area contributed by atoms with Crippen molar-refractivity contribution in [3.8, 4) is 5.75 Å². The Labute approximate surface area is 170 Å². The molecule has 0 saturated carbocycles. The normalized spacial score (nSPS) is 10.6. The molecule has 28 heavy (non-hydrogen) atoms. The Morgan fingerprint density at radius 3 is 2.43 bits per heavy atom. The van der Waals surface area contributed by atoms with E-state index >= 15 is 0 Å². The molecule has 2 N–H and O–H groups in total. The first-order valence-electron chi connectivity index (χ1n) is 9.04. The number of likely N-dealkylation sites (N-methyl/N-ethyl adjacent to an activating group) is 1. The minimum atomic E-state index is -0.263. The Morgan fingerprint density at radius 2 is 1.79 bits per heavy atom. The first kappa shape index (κ1) is 21.7. The van der Waals surface area contributed by atoms with E-state index in [-0.39, 0.29) is 24.9 Å². The Balaban J connectivity index is 1.93. The van der Waals surface area contributed by atoms with Crippen LogP contribution in [0, 0.1) is 6.92 Å². The van der Waals surface area contributed by atoms with Crippen molar-refractivity contribution >= 4 is 34.8 Å². The van der Waals surface area contributed by atoms with E-state index in [9.17, 15) is 9.59 Å². The molecule has 0 heterocycles. The fourth-order valence-electron chi connectivity index (χ4n) is 2.89. The topological polar surface area (TPSA) is 70.7 Å². The van der Waals surface area contributed by atoms with E-state index in [4.69, 9.17) is 16.3 Å². The van der Waals surface area contributed by atoms with Crippen LogP contribution in [0.2, 0.25) is 5.02 Å². The van der Waals surface area contributed by atoms with Crippen LogP contribution in [0.25, 0.3) is 0 Å². The van der Waals surface area contributed by atoms with Crippen molar-refractivity contribution < 1.29 is 14.3 Å². The molecule has 0 radical (unpaired) electrons. The van der Waals surface area contributed by atoms with Gasteiger partial charge in [0.25, 0.3) is 0 Å². The van der Waals surface area contributed by atoms with Gasteiger partial charge in [-0.05, 0) is 49.7 Å². The van der Waals surface area contributed by atoms with Gasteiger partial charge in [-0.25, -0.2) is 0 Å². The third-order valence-electron chi connectivity index (χ3n) is 4.27. The summed E-state index contributed by atoms with van der Waals surface area (Å²) in [5, 5.41) is 6.22. The number of amides is 2. The lowest BCUT2D eigenvalue weighted by Crippen LogP contribution is -2.36. The number of nitrogens with zero attached hydrogens (tertiary/aromatic N) is 1. The van der Waals surface area contributed by atoms with E-state index in [2.05, 4.69) is 10.6 Å². The van der Waals surface area contributed by atoms with Gasteiger partial charge < -0.3 is 15.4 Å². The van der Waals surface area contributed by atoms with Crippen molar-refractivity contribution in [2.24, 2.45) is 0 Å². The molecule has 150 valence electrons. The smallest absolute Gasteiger partial charge is 0.238 e. The van der Waals surface area contributed by atoms with Gasteiger partial charge in [-0.3, -0.25) is 14.5 Å². The minimum absolute atomic E-state index is 0.0531. The van der Waals surface area contributed by atoms with Crippen LogP contribution in [-0.2, 0) is 16.0 Å². The number of hydrogen-bond donors (Lipinski definition) is 2. The second-order valence-corrected chi connectivity index (χ2v) is 7.01. The summed E-state index contributed by atoms with van der Waals surface area (Å²) >= 11 is 5.98. The molecule has 0 atom stereocenters. The van der Waals surface area contributed by atoms with Gasteiger partial charge in [-0.1, -0.05) is 36.7 Å². The van der Waals surface area contributed by atoms with Crippen LogP contribution in [0.5, 0.6) is 5.75 Å². The molecular weight excluding hydrogens is 378 g/mol. The number of nitrogens with one attached hydrogen (secondary N) is 2. The lowest BCUT2D eigenvalue weighted by atomic mass is 10.1.